The van der Waals surface area contributed by atoms with Crippen LogP contribution in [0.4, 0.5) is 8.78 Å². The Morgan fingerprint density at radius 3 is 2.41 bits per heavy atom. The quantitative estimate of drug-likeness (QED) is 0.265. The molecule has 0 aliphatic heterocycles. The van der Waals surface area contributed by atoms with Crippen molar-refractivity contribution in [2.24, 2.45) is 0 Å². The normalized spacial score (nSPS) is 15.9. The predicted molar refractivity (Wildman–Crippen MR) is 155 cm³/mol. The second kappa shape index (κ2) is 12.5. The Morgan fingerprint density at radius 1 is 1.05 bits per heavy atom. The topological polar surface area (TPSA) is 91.8 Å². The highest BCUT2D eigenvalue weighted by Crippen LogP contribution is 2.39. The van der Waals surface area contributed by atoms with Crippen molar-refractivity contribution < 1.29 is 28.2 Å². The number of alkyl halides is 2. The van der Waals surface area contributed by atoms with Gasteiger partial charge in [0.2, 0.25) is 5.92 Å². The van der Waals surface area contributed by atoms with Crippen LogP contribution in [0.3, 0.4) is 0 Å². The number of aromatic nitrogens is 1. The molecule has 0 spiro atoms. The van der Waals surface area contributed by atoms with Gasteiger partial charge >= 0.3 is 5.97 Å². The van der Waals surface area contributed by atoms with Gasteiger partial charge in [-0.25, -0.2) is 18.6 Å². The van der Waals surface area contributed by atoms with Gasteiger partial charge in [0.25, 0.3) is 5.91 Å². The fraction of sp³-hybridized carbons (Fsp3) is 0.387. The van der Waals surface area contributed by atoms with Crippen molar-refractivity contribution in [1.82, 2.24) is 15.2 Å². The number of hydrogen-bond donors (Lipinski definition) is 2. The zero-order valence-electron chi connectivity index (χ0n) is 23.3. The molecule has 7 nitrogen and oxygen atoms in total. The van der Waals surface area contributed by atoms with Crippen molar-refractivity contribution in [3.63, 3.8) is 0 Å². The SMILES string of the molecule is Cc1ccccc1-c1ccc(-c2ccc(Cl)c(OCCCN(C)C)c2)nc1C(=O)NC1(C(=O)O)CCC(F)(F)CC1. The van der Waals surface area contributed by atoms with Crippen LogP contribution < -0.4 is 10.1 Å². The molecule has 2 N–H and O–H groups in total. The second-order valence-corrected chi connectivity index (χ2v) is 11.2. The number of carbonyl (C=O) groups excluding carboxylic acids is 1. The number of carbonyl (C=O) groups is 2. The summed E-state index contributed by atoms with van der Waals surface area (Å²) in [5, 5.41) is 13.0. The summed E-state index contributed by atoms with van der Waals surface area (Å²) in [4.78, 5) is 32.7. The molecule has 0 atom stereocenters. The molecule has 218 valence electrons. The van der Waals surface area contributed by atoms with Crippen LogP contribution in [0, 0.1) is 6.92 Å². The maximum atomic E-state index is 13.9. The molecular weight excluding hydrogens is 552 g/mol. The van der Waals surface area contributed by atoms with E-state index in [0.717, 1.165) is 24.1 Å². The number of aliphatic carboxylic acids is 1. The van der Waals surface area contributed by atoms with Crippen LogP contribution in [0.1, 0.15) is 48.2 Å². The molecule has 0 unspecified atom stereocenters. The van der Waals surface area contributed by atoms with E-state index < -0.39 is 36.2 Å². The minimum atomic E-state index is -2.96. The number of halogens is 3. The molecule has 1 aromatic heterocycles. The zero-order valence-corrected chi connectivity index (χ0v) is 24.1. The summed E-state index contributed by atoms with van der Waals surface area (Å²) in [5.41, 5.74) is 1.42. The Morgan fingerprint density at radius 2 is 1.76 bits per heavy atom. The summed E-state index contributed by atoms with van der Waals surface area (Å²) in [5.74, 6) is -4.57. The number of aryl methyl sites for hydroxylation is 1. The molecular formula is C31H34ClF2N3O4. The summed E-state index contributed by atoms with van der Waals surface area (Å²) < 4.78 is 33.7. The third-order valence-corrected chi connectivity index (χ3v) is 7.69. The number of amides is 1. The first-order valence-electron chi connectivity index (χ1n) is 13.5. The van der Waals surface area contributed by atoms with Crippen LogP contribution in [-0.4, -0.2) is 65.6 Å². The van der Waals surface area contributed by atoms with Gasteiger partial charge in [-0.2, -0.15) is 0 Å². The van der Waals surface area contributed by atoms with E-state index in [1.165, 1.54) is 0 Å². The highest BCUT2D eigenvalue weighted by molar-refractivity contribution is 6.32. The van der Waals surface area contributed by atoms with Crippen molar-refractivity contribution in [3.8, 4) is 28.1 Å². The summed E-state index contributed by atoms with van der Waals surface area (Å²) in [6.45, 7) is 3.21. The van der Waals surface area contributed by atoms with Gasteiger partial charge in [0.15, 0.2) is 0 Å². The van der Waals surface area contributed by atoms with Gasteiger partial charge in [0, 0.05) is 30.5 Å². The summed E-state index contributed by atoms with van der Waals surface area (Å²) in [6.07, 6.45) is -1.21. The maximum absolute atomic E-state index is 13.9. The molecule has 0 bridgehead atoms. The fourth-order valence-corrected chi connectivity index (χ4v) is 5.11. The second-order valence-electron chi connectivity index (χ2n) is 10.8. The Kier molecular flexibility index (Phi) is 9.29. The van der Waals surface area contributed by atoms with Crippen LogP contribution >= 0.6 is 11.6 Å². The first-order valence-corrected chi connectivity index (χ1v) is 13.9. The largest absolute Gasteiger partial charge is 0.492 e. The van der Waals surface area contributed by atoms with Crippen LogP contribution in [0.5, 0.6) is 5.75 Å². The van der Waals surface area contributed by atoms with Gasteiger partial charge in [0.1, 0.15) is 17.0 Å². The smallest absolute Gasteiger partial charge is 0.329 e. The van der Waals surface area contributed by atoms with E-state index in [9.17, 15) is 23.5 Å². The Bertz CT molecular complexity index is 1420. The number of nitrogens with one attached hydrogen (secondary N) is 1. The van der Waals surface area contributed by atoms with Gasteiger partial charge in [-0.3, -0.25) is 4.79 Å². The number of benzene rings is 2. The average Bonchev–Trinajstić information content (AvgIpc) is 2.93. The van der Waals surface area contributed by atoms with E-state index in [2.05, 4.69) is 15.2 Å². The number of hydrogen-bond acceptors (Lipinski definition) is 5. The minimum absolute atomic E-state index is 0.00170. The Hall–Kier alpha value is -3.56. The predicted octanol–water partition coefficient (Wildman–Crippen LogP) is 6.47. The summed E-state index contributed by atoms with van der Waals surface area (Å²) in [6, 6.07) is 16.2. The average molecular weight is 586 g/mol. The van der Waals surface area contributed by atoms with Crippen LogP contribution in [0.15, 0.2) is 54.6 Å². The van der Waals surface area contributed by atoms with Crippen LogP contribution in [-0.2, 0) is 4.79 Å². The van der Waals surface area contributed by atoms with E-state index in [1.807, 2.05) is 45.3 Å². The number of carboxylic acid groups (broad SMARTS) is 1. The van der Waals surface area contributed by atoms with Crippen molar-refractivity contribution in [2.75, 3.05) is 27.2 Å². The Balaban J connectivity index is 1.71. The fourth-order valence-electron chi connectivity index (χ4n) is 4.93. The van der Waals surface area contributed by atoms with E-state index in [1.54, 1.807) is 30.3 Å². The molecule has 1 saturated carbocycles. The highest BCUT2D eigenvalue weighted by atomic mass is 35.5. The van der Waals surface area contributed by atoms with Crippen LogP contribution in [0.25, 0.3) is 22.4 Å². The van der Waals surface area contributed by atoms with Gasteiger partial charge in [0.05, 0.1) is 17.3 Å². The van der Waals surface area contributed by atoms with E-state index in [-0.39, 0.29) is 18.5 Å². The molecule has 0 saturated heterocycles. The molecule has 0 radical (unpaired) electrons. The zero-order chi connectivity index (χ0) is 29.8. The maximum Gasteiger partial charge on any atom is 0.329 e. The van der Waals surface area contributed by atoms with Gasteiger partial charge < -0.3 is 20.1 Å². The summed E-state index contributed by atoms with van der Waals surface area (Å²) in [7, 11) is 3.96. The van der Waals surface area contributed by atoms with E-state index in [4.69, 9.17) is 16.3 Å². The highest BCUT2D eigenvalue weighted by Gasteiger charge is 2.49. The lowest BCUT2D eigenvalue weighted by Crippen LogP contribution is -2.57. The molecule has 1 fully saturated rings. The van der Waals surface area contributed by atoms with Gasteiger partial charge in [-0.15, -0.1) is 0 Å². The molecule has 1 heterocycles. The molecule has 41 heavy (non-hydrogen) atoms. The number of ether oxygens (including phenoxy) is 1. The summed E-state index contributed by atoms with van der Waals surface area (Å²) >= 11 is 6.37. The number of rotatable bonds is 10. The van der Waals surface area contributed by atoms with Crippen LogP contribution in [0.2, 0.25) is 5.02 Å². The minimum Gasteiger partial charge on any atom is -0.492 e. The standard InChI is InChI=1S/C31H34ClF2N3O4/c1-20-7-4-5-8-22(20)23-10-12-25(21-9-11-24(32)26(19-21)41-18-6-17-37(2)3)35-27(23)28(38)36-30(29(39)40)13-15-31(33,34)16-14-30/h4-5,7-12,19H,6,13-18H2,1-3H3,(H,36,38)(H,39,40). The monoisotopic (exact) mass is 585 g/mol. The van der Waals surface area contributed by atoms with E-state index in [0.29, 0.717) is 34.2 Å². The van der Waals surface area contributed by atoms with Gasteiger partial charge in [-0.1, -0.05) is 41.9 Å². The molecule has 3 aromatic rings. The van der Waals surface area contributed by atoms with Crippen molar-refractivity contribution in [2.45, 2.75) is 50.5 Å². The third kappa shape index (κ3) is 7.21. The van der Waals surface area contributed by atoms with Crippen molar-refractivity contribution in [1.29, 1.82) is 0 Å². The van der Waals surface area contributed by atoms with Crippen molar-refractivity contribution in [3.05, 3.63) is 70.9 Å². The Labute approximate surface area is 243 Å². The van der Waals surface area contributed by atoms with Gasteiger partial charge in [-0.05, 0) is 75.7 Å². The third-order valence-electron chi connectivity index (χ3n) is 7.38. The molecule has 1 aliphatic carbocycles. The van der Waals surface area contributed by atoms with E-state index >= 15 is 0 Å². The van der Waals surface area contributed by atoms with Crippen molar-refractivity contribution >= 4 is 23.5 Å². The molecule has 1 amide bonds. The number of pyridine rings is 1. The molecule has 1 aliphatic rings. The molecule has 10 heteroatoms. The lowest BCUT2D eigenvalue weighted by molar-refractivity contribution is -0.150. The number of nitrogens with zero attached hydrogens (tertiary/aromatic N) is 2. The lowest BCUT2D eigenvalue weighted by Gasteiger charge is -2.37. The lowest BCUT2D eigenvalue weighted by atomic mass is 9.79. The molecule has 2 aromatic carbocycles. The first kappa shape index (κ1) is 30.4. The first-order chi connectivity index (χ1) is 19.4. The number of carboxylic acids is 1. The molecule has 4 rings (SSSR count).